The Bertz CT molecular complexity index is 224. The second-order valence-electron chi connectivity index (χ2n) is 2.71. The normalized spacial score (nSPS) is 11.6. The second-order valence-corrected chi connectivity index (χ2v) is 2.71. The maximum Gasteiger partial charge on any atom is 0.243 e. The number of carbonyl (C=O) groups is 3. The van der Waals surface area contributed by atoms with Gasteiger partial charge in [0.1, 0.15) is 6.04 Å². The molecule has 0 fully saturated rings. The van der Waals surface area contributed by atoms with E-state index in [4.69, 9.17) is 5.73 Å². The van der Waals surface area contributed by atoms with E-state index in [9.17, 15) is 14.4 Å². The summed E-state index contributed by atoms with van der Waals surface area (Å²) in [6.07, 6.45) is -0.217. The van der Waals surface area contributed by atoms with Crippen molar-refractivity contribution >= 4 is 17.7 Å². The van der Waals surface area contributed by atoms with Crippen LogP contribution in [0.5, 0.6) is 0 Å². The van der Waals surface area contributed by atoms with Crippen LogP contribution in [0.25, 0.3) is 0 Å². The summed E-state index contributed by atoms with van der Waals surface area (Å²) in [5, 5.41) is 4.70. The van der Waals surface area contributed by atoms with Crippen molar-refractivity contribution in [3.05, 3.63) is 6.92 Å². The highest BCUT2D eigenvalue weighted by atomic mass is 16.2. The molecule has 6 heteroatoms. The zero-order chi connectivity index (χ0) is 11.1. The summed E-state index contributed by atoms with van der Waals surface area (Å²) in [6.45, 7) is 4.85. The van der Waals surface area contributed by atoms with Crippen LogP contribution in [0.15, 0.2) is 0 Å². The summed E-state index contributed by atoms with van der Waals surface area (Å²) in [5.74, 6) is -1.51. The first-order valence-corrected chi connectivity index (χ1v) is 4.09. The number of primary amides is 1. The number of nitrogens with one attached hydrogen (secondary N) is 2. The zero-order valence-electron chi connectivity index (χ0n) is 8.00. The summed E-state index contributed by atoms with van der Waals surface area (Å²) in [4.78, 5) is 32.5. The second kappa shape index (κ2) is 5.95. The summed E-state index contributed by atoms with van der Waals surface area (Å²) >= 11 is 0. The van der Waals surface area contributed by atoms with Crippen molar-refractivity contribution in [3.63, 3.8) is 0 Å². The van der Waals surface area contributed by atoms with E-state index in [1.807, 2.05) is 0 Å². The van der Waals surface area contributed by atoms with Gasteiger partial charge in [-0.25, -0.2) is 0 Å². The van der Waals surface area contributed by atoms with E-state index in [2.05, 4.69) is 17.6 Å². The summed E-state index contributed by atoms with van der Waals surface area (Å²) in [5.41, 5.74) is 4.92. The molecular formula is C8H14N3O3. The monoisotopic (exact) mass is 200 g/mol. The van der Waals surface area contributed by atoms with E-state index in [1.54, 1.807) is 0 Å². The third-order valence-electron chi connectivity index (χ3n) is 1.40. The topological polar surface area (TPSA) is 101 Å². The third kappa shape index (κ3) is 5.13. The molecular weight excluding hydrogens is 186 g/mol. The van der Waals surface area contributed by atoms with Crippen molar-refractivity contribution in [1.29, 1.82) is 0 Å². The number of carbonyl (C=O) groups excluding carboxylic acids is 3. The fourth-order valence-electron chi connectivity index (χ4n) is 0.902. The average Bonchev–Trinajstić information content (AvgIpc) is 2.01. The van der Waals surface area contributed by atoms with Crippen LogP contribution in [-0.2, 0) is 14.4 Å². The third-order valence-corrected chi connectivity index (χ3v) is 1.40. The Labute approximate surface area is 82.2 Å². The van der Waals surface area contributed by atoms with Gasteiger partial charge in [-0.1, -0.05) is 0 Å². The molecule has 4 N–H and O–H groups in total. The minimum absolute atomic E-state index is 0.188. The fourth-order valence-corrected chi connectivity index (χ4v) is 0.902. The molecule has 6 nitrogen and oxygen atoms in total. The maximum atomic E-state index is 11.2. The molecule has 0 aromatic carbocycles. The summed E-state index contributed by atoms with van der Waals surface area (Å²) in [6, 6.07) is -0.910. The van der Waals surface area contributed by atoms with Crippen LogP contribution in [0, 0.1) is 6.92 Å². The number of rotatable bonds is 5. The summed E-state index contributed by atoms with van der Waals surface area (Å²) in [7, 11) is 0. The van der Waals surface area contributed by atoms with Crippen molar-refractivity contribution in [2.45, 2.75) is 19.4 Å². The van der Waals surface area contributed by atoms with Gasteiger partial charge in [-0.05, 0) is 6.92 Å². The van der Waals surface area contributed by atoms with Crippen molar-refractivity contribution in [2.24, 2.45) is 5.73 Å². The van der Waals surface area contributed by atoms with Gasteiger partial charge in [0.25, 0.3) is 0 Å². The predicted octanol–water partition coefficient (Wildman–Crippen LogP) is -1.68. The average molecular weight is 200 g/mol. The van der Waals surface area contributed by atoms with Gasteiger partial charge < -0.3 is 16.4 Å². The Morgan fingerprint density at radius 1 is 1.43 bits per heavy atom. The molecule has 0 aromatic rings. The van der Waals surface area contributed by atoms with Gasteiger partial charge in [0.15, 0.2) is 0 Å². The number of hydrogen-bond acceptors (Lipinski definition) is 3. The Balaban J connectivity index is 4.29. The smallest absolute Gasteiger partial charge is 0.243 e. The molecule has 0 aromatic heterocycles. The highest BCUT2D eigenvalue weighted by Gasteiger charge is 2.20. The molecule has 1 unspecified atom stereocenters. The van der Waals surface area contributed by atoms with Crippen LogP contribution in [-0.4, -0.2) is 30.3 Å². The quantitative estimate of drug-likeness (QED) is 0.494. The van der Waals surface area contributed by atoms with Gasteiger partial charge in [-0.15, -0.1) is 0 Å². The molecule has 0 saturated carbocycles. The first-order chi connectivity index (χ1) is 6.47. The first-order valence-electron chi connectivity index (χ1n) is 4.09. The van der Waals surface area contributed by atoms with Crippen molar-refractivity contribution in [3.8, 4) is 0 Å². The Hall–Kier alpha value is -1.59. The fraction of sp³-hybridized carbons (Fsp3) is 0.500. The van der Waals surface area contributed by atoms with E-state index in [0.29, 0.717) is 0 Å². The molecule has 0 aliphatic heterocycles. The largest absolute Gasteiger partial charge is 0.370 e. The highest BCUT2D eigenvalue weighted by molar-refractivity contribution is 5.91. The lowest BCUT2D eigenvalue weighted by Gasteiger charge is -2.14. The molecule has 1 atom stereocenters. The van der Waals surface area contributed by atoms with Crippen molar-refractivity contribution in [1.82, 2.24) is 10.6 Å². The molecule has 3 amide bonds. The number of amides is 3. The van der Waals surface area contributed by atoms with Gasteiger partial charge in [0.2, 0.25) is 17.7 Å². The van der Waals surface area contributed by atoms with E-state index < -0.39 is 23.8 Å². The van der Waals surface area contributed by atoms with Crippen molar-refractivity contribution in [2.75, 3.05) is 6.54 Å². The molecule has 0 aliphatic carbocycles. The van der Waals surface area contributed by atoms with Gasteiger partial charge in [0.05, 0.1) is 6.42 Å². The zero-order valence-corrected chi connectivity index (χ0v) is 8.00. The standard InChI is InChI=1S/C8H14N3O3/c1-3-10-8(14)6(4-7(9)13)11-5(2)12/h6H,1,3-4H2,2H3,(H2,9,13)(H,10,14)(H,11,12). The van der Waals surface area contributed by atoms with Gasteiger partial charge in [-0.2, -0.15) is 0 Å². The first kappa shape index (κ1) is 12.4. The minimum atomic E-state index is -0.910. The lowest BCUT2D eigenvalue weighted by Crippen LogP contribution is -2.47. The summed E-state index contributed by atoms with van der Waals surface area (Å²) < 4.78 is 0. The van der Waals surface area contributed by atoms with Crippen LogP contribution in [0.3, 0.4) is 0 Å². The Kier molecular flexibility index (Phi) is 5.28. The Morgan fingerprint density at radius 3 is 2.36 bits per heavy atom. The molecule has 1 radical (unpaired) electrons. The van der Waals surface area contributed by atoms with Crippen LogP contribution < -0.4 is 16.4 Å². The molecule has 0 spiro atoms. The van der Waals surface area contributed by atoms with Gasteiger partial charge >= 0.3 is 0 Å². The van der Waals surface area contributed by atoms with Crippen LogP contribution in [0.4, 0.5) is 0 Å². The highest BCUT2D eigenvalue weighted by Crippen LogP contribution is 1.91. The molecule has 0 bridgehead atoms. The van der Waals surface area contributed by atoms with E-state index in [-0.39, 0.29) is 13.0 Å². The molecule has 79 valence electrons. The minimum Gasteiger partial charge on any atom is -0.370 e. The molecule has 14 heavy (non-hydrogen) atoms. The Morgan fingerprint density at radius 2 is 2.00 bits per heavy atom. The predicted molar refractivity (Wildman–Crippen MR) is 49.8 cm³/mol. The van der Waals surface area contributed by atoms with Gasteiger partial charge in [0, 0.05) is 13.5 Å². The molecule has 0 rings (SSSR count). The van der Waals surface area contributed by atoms with Crippen molar-refractivity contribution < 1.29 is 14.4 Å². The number of hydrogen-bond donors (Lipinski definition) is 3. The molecule has 0 saturated heterocycles. The molecule has 0 aliphatic rings. The van der Waals surface area contributed by atoms with E-state index in [1.165, 1.54) is 6.92 Å². The lowest BCUT2D eigenvalue weighted by atomic mass is 10.2. The SMILES string of the molecule is [CH2]CNC(=O)C(CC(N)=O)NC(C)=O. The van der Waals surface area contributed by atoms with Crippen LogP contribution in [0.2, 0.25) is 0 Å². The maximum absolute atomic E-state index is 11.2. The van der Waals surface area contributed by atoms with Gasteiger partial charge in [-0.3, -0.25) is 14.4 Å². The van der Waals surface area contributed by atoms with Crippen LogP contribution >= 0.6 is 0 Å². The van der Waals surface area contributed by atoms with E-state index in [0.717, 1.165) is 0 Å². The lowest BCUT2D eigenvalue weighted by molar-refractivity contribution is -0.130. The number of nitrogens with two attached hydrogens (primary N) is 1. The van der Waals surface area contributed by atoms with Crippen LogP contribution in [0.1, 0.15) is 13.3 Å². The van der Waals surface area contributed by atoms with E-state index >= 15 is 0 Å². The molecule has 0 heterocycles.